The Balaban J connectivity index is 2.01. The number of rotatable bonds is 3. The van der Waals surface area contributed by atoms with Crippen LogP contribution in [0.4, 0.5) is 5.00 Å². The summed E-state index contributed by atoms with van der Waals surface area (Å²) in [6.45, 7) is 2.09. The molecule has 2 N–H and O–H groups in total. The molecular formula is C12H13N5OS. The Morgan fingerprint density at radius 2 is 2.32 bits per heavy atom. The zero-order valence-corrected chi connectivity index (χ0v) is 11.4. The fourth-order valence-electron chi connectivity index (χ4n) is 1.80. The zero-order chi connectivity index (χ0) is 13.4. The number of nitrogen functional groups attached to an aromatic ring is 1. The minimum Gasteiger partial charge on any atom is -0.390 e. The van der Waals surface area contributed by atoms with Crippen LogP contribution in [0.3, 0.4) is 0 Å². The van der Waals surface area contributed by atoms with E-state index in [0.717, 1.165) is 12.0 Å². The summed E-state index contributed by atoms with van der Waals surface area (Å²) in [7, 11) is 1.88. The molecule has 0 bridgehead atoms. The van der Waals surface area contributed by atoms with Crippen molar-refractivity contribution in [2.24, 2.45) is 7.05 Å². The molecule has 3 heterocycles. The van der Waals surface area contributed by atoms with E-state index in [0.29, 0.717) is 22.5 Å². The third-order valence-corrected chi connectivity index (χ3v) is 3.95. The van der Waals surface area contributed by atoms with E-state index in [1.807, 2.05) is 23.9 Å². The highest BCUT2D eigenvalue weighted by Gasteiger charge is 2.17. The molecule has 0 aliphatic heterocycles. The van der Waals surface area contributed by atoms with Gasteiger partial charge in [-0.25, -0.2) is 4.98 Å². The van der Waals surface area contributed by atoms with Crippen molar-refractivity contribution in [3.05, 3.63) is 23.3 Å². The third-order valence-electron chi connectivity index (χ3n) is 2.84. The van der Waals surface area contributed by atoms with Gasteiger partial charge in [-0.15, -0.1) is 11.3 Å². The van der Waals surface area contributed by atoms with Gasteiger partial charge in [0.1, 0.15) is 0 Å². The monoisotopic (exact) mass is 275 g/mol. The SMILES string of the molecule is CCc1cc(-c2nc(-c3nccn3C)no2)c(N)s1. The largest absolute Gasteiger partial charge is 0.390 e. The molecular weight excluding hydrogens is 262 g/mol. The van der Waals surface area contributed by atoms with Crippen LogP contribution in [0.15, 0.2) is 23.0 Å². The molecule has 0 saturated heterocycles. The molecule has 0 fully saturated rings. The average Bonchev–Trinajstić information content (AvgIpc) is 3.07. The summed E-state index contributed by atoms with van der Waals surface area (Å²) in [4.78, 5) is 9.74. The van der Waals surface area contributed by atoms with Crippen molar-refractivity contribution in [1.82, 2.24) is 19.7 Å². The van der Waals surface area contributed by atoms with Crippen LogP contribution in [0.5, 0.6) is 0 Å². The van der Waals surface area contributed by atoms with Crippen LogP contribution in [0, 0.1) is 0 Å². The molecule has 0 amide bonds. The Hall–Kier alpha value is -2.15. The van der Waals surface area contributed by atoms with Crippen LogP contribution < -0.4 is 5.73 Å². The first-order chi connectivity index (χ1) is 9.19. The molecule has 0 aliphatic carbocycles. The summed E-state index contributed by atoms with van der Waals surface area (Å²) >= 11 is 1.55. The molecule has 0 spiro atoms. The maximum atomic E-state index is 5.98. The minimum atomic E-state index is 0.437. The van der Waals surface area contributed by atoms with Gasteiger partial charge in [0, 0.05) is 24.3 Å². The number of anilines is 1. The molecule has 19 heavy (non-hydrogen) atoms. The van der Waals surface area contributed by atoms with Crippen LogP contribution in [-0.4, -0.2) is 19.7 Å². The second kappa shape index (κ2) is 4.51. The van der Waals surface area contributed by atoms with Crippen LogP contribution >= 0.6 is 11.3 Å². The van der Waals surface area contributed by atoms with E-state index in [9.17, 15) is 0 Å². The van der Waals surface area contributed by atoms with Crippen molar-refractivity contribution in [2.45, 2.75) is 13.3 Å². The highest BCUT2D eigenvalue weighted by atomic mass is 32.1. The van der Waals surface area contributed by atoms with Crippen molar-refractivity contribution >= 4 is 16.3 Å². The maximum absolute atomic E-state index is 5.98. The summed E-state index contributed by atoms with van der Waals surface area (Å²) in [6.07, 6.45) is 4.47. The van der Waals surface area contributed by atoms with Gasteiger partial charge in [-0.2, -0.15) is 4.98 Å². The highest BCUT2D eigenvalue weighted by Crippen LogP contribution is 2.33. The average molecular weight is 275 g/mol. The maximum Gasteiger partial charge on any atom is 0.261 e. The molecule has 0 radical (unpaired) electrons. The molecule has 0 saturated carbocycles. The number of hydrogen-bond acceptors (Lipinski definition) is 6. The Morgan fingerprint density at radius 1 is 1.47 bits per heavy atom. The van der Waals surface area contributed by atoms with E-state index >= 15 is 0 Å². The number of thiophene rings is 1. The predicted octanol–water partition coefficient (Wildman–Crippen LogP) is 2.34. The number of hydrogen-bond donors (Lipinski definition) is 1. The van der Waals surface area contributed by atoms with E-state index < -0.39 is 0 Å². The molecule has 0 aliphatic rings. The van der Waals surface area contributed by atoms with Gasteiger partial charge in [0.2, 0.25) is 5.82 Å². The van der Waals surface area contributed by atoms with Crippen LogP contribution in [-0.2, 0) is 13.5 Å². The van der Waals surface area contributed by atoms with Gasteiger partial charge in [-0.1, -0.05) is 12.1 Å². The zero-order valence-electron chi connectivity index (χ0n) is 10.6. The van der Waals surface area contributed by atoms with E-state index in [2.05, 4.69) is 22.0 Å². The van der Waals surface area contributed by atoms with Gasteiger partial charge in [0.15, 0.2) is 5.82 Å². The molecule has 3 aromatic heterocycles. The van der Waals surface area contributed by atoms with Gasteiger partial charge in [-0.3, -0.25) is 0 Å². The number of aromatic nitrogens is 4. The first-order valence-electron chi connectivity index (χ1n) is 5.89. The topological polar surface area (TPSA) is 82.8 Å². The second-order valence-corrected chi connectivity index (χ2v) is 5.30. The third kappa shape index (κ3) is 2.01. The van der Waals surface area contributed by atoms with Crippen molar-refractivity contribution in [3.8, 4) is 23.1 Å². The molecule has 3 aromatic rings. The van der Waals surface area contributed by atoms with Crippen molar-refractivity contribution < 1.29 is 4.52 Å². The fraction of sp³-hybridized carbons (Fsp3) is 0.250. The first kappa shape index (κ1) is 11.9. The van der Waals surface area contributed by atoms with E-state index in [-0.39, 0.29) is 0 Å². The minimum absolute atomic E-state index is 0.437. The van der Waals surface area contributed by atoms with E-state index in [4.69, 9.17) is 10.3 Å². The lowest BCUT2D eigenvalue weighted by Gasteiger charge is -1.93. The summed E-state index contributed by atoms with van der Waals surface area (Å²) in [5, 5.41) is 4.65. The second-order valence-electron chi connectivity index (χ2n) is 4.13. The predicted molar refractivity (Wildman–Crippen MR) is 73.6 cm³/mol. The Bertz CT molecular complexity index is 711. The molecule has 0 unspecified atom stereocenters. The van der Waals surface area contributed by atoms with Gasteiger partial charge >= 0.3 is 0 Å². The van der Waals surface area contributed by atoms with Gasteiger partial charge in [0.25, 0.3) is 5.89 Å². The summed E-state index contributed by atoms with van der Waals surface area (Å²) in [5.74, 6) is 1.57. The summed E-state index contributed by atoms with van der Waals surface area (Å²) in [5.41, 5.74) is 6.78. The first-order valence-corrected chi connectivity index (χ1v) is 6.70. The van der Waals surface area contributed by atoms with Crippen LogP contribution in [0.1, 0.15) is 11.8 Å². The Morgan fingerprint density at radius 3 is 2.95 bits per heavy atom. The number of aryl methyl sites for hydroxylation is 2. The standard InChI is InChI=1S/C12H13N5OS/c1-3-7-6-8(9(13)19-7)12-15-10(16-18-12)11-14-4-5-17(11)2/h4-6H,3,13H2,1-2H3. The van der Waals surface area contributed by atoms with Crippen molar-refractivity contribution in [2.75, 3.05) is 5.73 Å². The molecule has 98 valence electrons. The molecule has 3 rings (SSSR count). The van der Waals surface area contributed by atoms with Gasteiger partial charge in [-0.05, 0) is 12.5 Å². The van der Waals surface area contributed by atoms with Crippen molar-refractivity contribution in [3.63, 3.8) is 0 Å². The Labute approximate surface area is 113 Å². The number of nitrogens with zero attached hydrogens (tertiary/aromatic N) is 4. The van der Waals surface area contributed by atoms with Crippen LogP contribution in [0.25, 0.3) is 23.1 Å². The van der Waals surface area contributed by atoms with E-state index in [1.54, 1.807) is 17.5 Å². The molecule has 7 heteroatoms. The molecule has 6 nitrogen and oxygen atoms in total. The number of imidazole rings is 1. The molecule has 0 aromatic carbocycles. The quantitative estimate of drug-likeness (QED) is 0.793. The lowest BCUT2D eigenvalue weighted by atomic mass is 10.2. The Kier molecular flexibility index (Phi) is 2.83. The number of nitrogens with two attached hydrogens (primary N) is 1. The summed E-state index contributed by atoms with van der Waals surface area (Å²) in [6, 6.07) is 2.00. The van der Waals surface area contributed by atoms with Crippen molar-refractivity contribution in [1.29, 1.82) is 0 Å². The lowest BCUT2D eigenvalue weighted by Crippen LogP contribution is -1.92. The smallest absolute Gasteiger partial charge is 0.261 e. The fourth-order valence-corrected chi connectivity index (χ4v) is 2.66. The van der Waals surface area contributed by atoms with E-state index in [1.165, 1.54) is 4.88 Å². The molecule has 0 atom stereocenters. The van der Waals surface area contributed by atoms with Gasteiger partial charge < -0.3 is 14.8 Å². The normalized spacial score (nSPS) is 11.1. The van der Waals surface area contributed by atoms with Gasteiger partial charge in [0.05, 0.1) is 10.6 Å². The van der Waals surface area contributed by atoms with Crippen LogP contribution in [0.2, 0.25) is 0 Å². The highest BCUT2D eigenvalue weighted by molar-refractivity contribution is 7.16. The summed E-state index contributed by atoms with van der Waals surface area (Å²) < 4.78 is 7.12. The lowest BCUT2D eigenvalue weighted by molar-refractivity contribution is 0.432.